The zero-order valence-electron chi connectivity index (χ0n) is 15.0. The monoisotopic (exact) mass is 412 g/mol. The van der Waals surface area contributed by atoms with E-state index in [2.05, 4.69) is 21.2 Å². The Balaban J connectivity index is 1.98. The number of rotatable bonds is 4. The van der Waals surface area contributed by atoms with Crippen LogP contribution in [0.15, 0.2) is 57.9 Å². The predicted octanol–water partition coefficient (Wildman–Crippen LogP) is 4.58. The lowest BCUT2D eigenvalue weighted by atomic mass is 10.1. The van der Waals surface area contributed by atoms with Crippen molar-refractivity contribution >= 4 is 32.7 Å². The molecule has 5 heteroatoms. The molecule has 0 spiro atoms. The molecular formula is C21H21BrN2O2. The van der Waals surface area contributed by atoms with Gasteiger partial charge in [-0.05, 0) is 50.6 Å². The SMILES string of the molecule is CCn1cc(C(=O)N[C@@H](C)c2ccc(Br)cc2)c(=O)c2cc(C)ccc21. The van der Waals surface area contributed by atoms with Crippen LogP contribution in [0, 0.1) is 6.92 Å². The lowest BCUT2D eigenvalue weighted by Crippen LogP contribution is -2.31. The highest BCUT2D eigenvalue weighted by molar-refractivity contribution is 9.10. The Morgan fingerprint density at radius 1 is 1.19 bits per heavy atom. The van der Waals surface area contributed by atoms with E-state index in [0.717, 1.165) is 21.1 Å². The van der Waals surface area contributed by atoms with E-state index in [9.17, 15) is 9.59 Å². The van der Waals surface area contributed by atoms with Crippen molar-refractivity contribution in [2.75, 3.05) is 0 Å². The maximum atomic E-state index is 12.9. The van der Waals surface area contributed by atoms with Crippen molar-refractivity contribution in [1.29, 1.82) is 0 Å². The van der Waals surface area contributed by atoms with Gasteiger partial charge in [-0.1, -0.05) is 39.7 Å². The highest BCUT2D eigenvalue weighted by Gasteiger charge is 2.17. The lowest BCUT2D eigenvalue weighted by Gasteiger charge is -2.16. The summed E-state index contributed by atoms with van der Waals surface area (Å²) in [6, 6.07) is 13.3. The van der Waals surface area contributed by atoms with E-state index < -0.39 is 0 Å². The molecule has 0 saturated heterocycles. The fraction of sp³-hybridized carbons (Fsp3) is 0.238. The first-order chi connectivity index (χ1) is 12.4. The summed E-state index contributed by atoms with van der Waals surface area (Å²) >= 11 is 3.40. The maximum absolute atomic E-state index is 12.9. The largest absolute Gasteiger partial charge is 0.347 e. The second kappa shape index (κ2) is 7.46. The molecule has 1 N–H and O–H groups in total. The number of hydrogen-bond donors (Lipinski definition) is 1. The van der Waals surface area contributed by atoms with Crippen LogP contribution >= 0.6 is 15.9 Å². The van der Waals surface area contributed by atoms with E-state index >= 15 is 0 Å². The molecule has 1 atom stereocenters. The zero-order chi connectivity index (χ0) is 18.8. The smallest absolute Gasteiger partial charge is 0.257 e. The van der Waals surface area contributed by atoms with Crippen LogP contribution in [0.1, 0.15) is 41.4 Å². The Morgan fingerprint density at radius 3 is 2.54 bits per heavy atom. The number of carbonyl (C=O) groups excluding carboxylic acids is 1. The van der Waals surface area contributed by atoms with Gasteiger partial charge in [0.15, 0.2) is 0 Å². The molecule has 0 aliphatic heterocycles. The number of amides is 1. The third-order valence-corrected chi connectivity index (χ3v) is 5.07. The normalized spacial score (nSPS) is 12.2. The summed E-state index contributed by atoms with van der Waals surface area (Å²) in [6.07, 6.45) is 1.66. The highest BCUT2D eigenvalue weighted by Crippen LogP contribution is 2.18. The molecule has 3 aromatic rings. The maximum Gasteiger partial charge on any atom is 0.257 e. The minimum Gasteiger partial charge on any atom is -0.347 e. The van der Waals surface area contributed by atoms with Gasteiger partial charge >= 0.3 is 0 Å². The Kier molecular flexibility index (Phi) is 5.28. The Morgan fingerprint density at radius 2 is 1.88 bits per heavy atom. The quantitative estimate of drug-likeness (QED) is 0.681. The van der Waals surface area contributed by atoms with Crippen LogP contribution in [-0.4, -0.2) is 10.5 Å². The number of nitrogens with zero attached hydrogens (tertiary/aromatic N) is 1. The average molecular weight is 413 g/mol. The summed E-state index contributed by atoms with van der Waals surface area (Å²) in [7, 11) is 0. The number of aromatic nitrogens is 1. The molecule has 2 aromatic carbocycles. The lowest BCUT2D eigenvalue weighted by molar-refractivity contribution is 0.0938. The first-order valence-corrected chi connectivity index (χ1v) is 9.40. The van der Waals surface area contributed by atoms with Gasteiger partial charge in [0.25, 0.3) is 5.91 Å². The number of fused-ring (bicyclic) bond motifs is 1. The molecule has 0 saturated carbocycles. The molecule has 26 heavy (non-hydrogen) atoms. The van der Waals surface area contributed by atoms with Gasteiger partial charge in [-0.3, -0.25) is 9.59 Å². The van der Waals surface area contributed by atoms with Crippen molar-refractivity contribution in [3.05, 3.63) is 80.0 Å². The summed E-state index contributed by atoms with van der Waals surface area (Å²) < 4.78 is 2.92. The number of halogens is 1. The van der Waals surface area contributed by atoms with Crippen LogP contribution in [-0.2, 0) is 6.54 Å². The highest BCUT2D eigenvalue weighted by atomic mass is 79.9. The Bertz CT molecular complexity index is 1020. The van der Waals surface area contributed by atoms with Crippen LogP contribution in [0.5, 0.6) is 0 Å². The summed E-state index contributed by atoms with van der Waals surface area (Å²) in [6.45, 7) is 6.53. The van der Waals surface area contributed by atoms with E-state index in [-0.39, 0.29) is 22.9 Å². The Hall–Kier alpha value is -2.40. The van der Waals surface area contributed by atoms with Crippen molar-refractivity contribution in [1.82, 2.24) is 9.88 Å². The van der Waals surface area contributed by atoms with Crippen molar-refractivity contribution in [3.63, 3.8) is 0 Å². The molecule has 3 rings (SSSR count). The third-order valence-electron chi connectivity index (χ3n) is 4.54. The zero-order valence-corrected chi connectivity index (χ0v) is 16.6. The van der Waals surface area contributed by atoms with Crippen molar-refractivity contribution in [2.45, 2.75) is 33.4 Å². The number of nitrogens with one attached hydrogen (secondary N) is 1. The van der Waals surface area contributed by atoms with E-state index in [1.807, 2.05) is 67.8 Å². The molecule has 0 bridgehead atoms. The number of benzene rings is 2. The fourth-order valence-corrected chi connectivity index (χ4v) is 3.31. The minimum absolute atomic E-state index is 0.175. The molecule has 1 heterocycles. The first kappa shape index (κ1) is 18.4. The van der Waals surface area contributed by atoms with Crippen LogP contribution in [0.3, 0.4) is 0 Å². The second-order valence-corrected chi connectivity index (χ2v) is 7.34. The summed E-state index contributed by atoms with van der Waals surface area (Å²) in [4.78, 5) is 25.7. The van der Waals surface area contributed by atoms with Gasteiger partial charge < -0.3 is 9.88 Å². The second-order valence-electron chi connectivity index (χ2n) is 6.43. The van der Waals surface area contributed by atoms with E-state index in [4.69, 9.17) is 0 Å². The van der Waals surface area contributed by atoms with Gasteiger partial charge in [0.1, 0.15) is 5.56 Å². The molecule has 0 fully saturated rings. The van der Waals surface area contributed by atoms with Crippen molar-refractivity contribution in [2.24, 2.45) is 0 Å². The molecule has 1 aromatic heterocycles. The molecule has 134 valence electrons. The first-order valence-electron chi connectivity index (χ1n) is 8.61. The molecule has 1 amide bonds. The van der Waals surface area contributed by atoms with E-state index in [1.165, 1.54) is 0 Å². The number of carbonyl (C=O) groups is 1. The molecule has 0 aliphatic rings. The molecule has 0 radical (unpaired) electrons. The van der Waals surface area contributed by atoms with Gasteiger partial charge in [-0.2, -0.15) is 0 Å². The van der Waals surface area contributed by atoms with Crippen molar-refractivity contribution in [3.8, 4) is 0 Å². The topological polar surface area (TPSA) is 51.1 Å². The molecule has 0 unspecified atom stereocenters. The van der Waals surface area contributed by atoms with Gasteiger partial charge in [0.05, 0.1) is 11.6 Å². The Labute approximate surface area is 161 Å². The minimum atomic E-state index is -0.351. The average Bonchev–Trinajstić information content (AvgIpc) is 2.62. The third kappa shape index (κ3) is 3.58. The summed E-state index contributed by atoms with van der Waals surface area (Å²) in [5.74, 6) is -0.351. The van der Waals surface area contributed by atoms with E-state index in [0.29, 0.717) is 11.9 Å². The molecule has 0 aliphatic carbocycles. The number of hydrogen-bond acceptors (Lipinski definition) is 2. The molecule has 4 nitrogen and oxygen atoms in total. The van der Waals surface area contributed by atoms with Crippen molar-refractivity contribution < 1.29 is 4.79 Å². The van der Waals surface area contributed by atoms with Gasteiger partial charge in [0.2, 0.25) is 5.43 Å². The van der Waals surface area contributed by atoms with E-state index in [1.54, 1.807) is 6.20 Å². The summed E-state index contributed by atoms with van der Waals surface area (Å²) in [5.41, 5.74) is 2.77. The van der Waals surface area contributed by atoms with Gasteiger partial charge in [-0.15, -0.1) is 0 Å². The van der Waals surface area contributed by atoms with Crippen LogP contribution < -0.4 is 10.7 Å². The summed E-state index contributed by atoms with van der Waals surface area (Å²) in [5, 5.41) is 3.52. The number of aryl methyl sites for hydroxylation is 2. The van der Waals surface area contributed by atoms with Gasteiger partial charge in [-0.25, -0.2) is 0 Å². The number of pyridine rings is 1. The van der Waals surface area contributed by atoms with Crippen LogP contribution in [0.25, 0.3) is 10.9 Å². The predicted molar refractivity (Wildman–Crippen MR) is 109 cm³/mol. The van der Waals surface area contributed by atoms with Gasteiger partial charge in [0, 0.05) is 22.6 Å². The fourth-order valence-electron chi connectivity index (χ4n) is 3.04. The van der Waals surface area contributed by atoms with Crippen LogP contribution in [0.2, 0.25) is 0 Å². The molecular weight excluding hydrogens is 392 g/mol. The van der Waals surface area contributed by atoms with Crippen LogP contribution in [0.4, 0.5) is 0 Å². The standard InChI is InChI=1S/C21H21BrN2O2/c1-4-24-12-18(20(25)17-11-13(2)5-10-19(17)24)21(26)23-14(3)15-6-8-16(22)9-7-15/h5-12,14H,4H2,1-3H3,(H,23,26)/t14-/m0/s1.